The Morgan fingerprint density at radius 3 is 2.95 bits per heavy atom. The summed E-state index contributed by atoms with van der Waals surface area (Å²) in [6.45, 7) is 5.52. The number of rotatable bonds is 9. The van der Waals surface area contributed by atoms with Crippen LogP contribution in [0, 0.1) is 5.92 Å². The molecule has 0 aromatic heterocycles. The quantitative estimate of drug-likeness (QED) is 0.555. The average Bonchev–Trinajstić information content (AvgIpc) is 2.49. The first-order valence-corrected chi connectivity index (χ1v) is 7.77. The second-order valence-electron chi connectivity index (χ2n) is 5.03. The van der Waals surface area contributed by atoms with Crippen molar-refractivity contribution >= 4 is 17.5 Å². The van der Waals surface area contributed by atoms with Gasteiger partial charge in [0.05, 0.1) is 6.61 Å². The lowest BCUT2D eigenvalue weighted by molar-refractivity contribution is 0.0952. The highest BCUT2D eigenvalue weighted by atomic mass is 35.5. The van der Waals surface area contributed by atoms with Gasteiger partial charge in [0.25, 0.3) is 5.91 Å². The maximum atomic E-state index is 12.0. The maximum absolute atomic E-state index is 12.0. The normalized spacial score (nSPS) is 11.9. The molecule has 0 heterocycles. The molecule has 0 radical (unpaired) electrons. The molecule has 1 unspecified atom stereocenters. The van der Waals surface area contributed by atoms with Gasteiger partial charge in [0.1, 0.15) is 5.75 Å². The summed E-state index contributed by atoms with van der Waals surface area (Å²) in [5.41, 5.74) is 0.643. The van der Waals surface area contributed by atoms with Gasteiger partial charge in [0.2, 0.25) is 0 Å². The van der Waals surface area contributed by atoms with Gasteiger partial charge in [-0.05, 0) is 43.4 Å². The molecule has 1 aromatic carbocycles. The first-order chi connectivity index (χ1) is 9.67. The van der Waals surface area contributed by atoms with Gasteiger partial charge in [0.15, 0.2) is 0 Å². The van der Waals surface area contributed by atoms with Crippen molar-refractivity contribution in [2.75, 3.05) is 19.0 Å². The van der Waals surface area contributed by atoms with Crippen LogP contribution >= 0.6 is 11.6 Å². The molecular formula is C16H24ClNO2. The van der Waals surface area contributed by atoms with E-state index in [-0.39, 0.29) is 5.91 Å². The highest BCUT2D eigenvalue weighted by Crippen LogP contribution is 2.13. The van der Waals surface area contributed by atoms with E-state index < -0.39 is 0 Å². The van der Waals surface area contributed by atoms with Gasteiger partial charge in [0, 0.05) is 18.0 Å². The van der Waals surface area contributed by atoms with Crippen LogP contribution in [0.3, 0.4) is 0 Å². The molecule has 1 atom stereocenters. The number of hydrogen-bond acceptors (Lipinski definition) is 2. The van der Waals surface area contributed by atoms with E-state index in [0.29, 0.717) is 30.5 Å². The van der Waals surface area contributed by atoms with Crippen molar-refractivity contribution < 1.29 is 9.53 Å². The monoisotopic (exact) mass is 297 g/mol. The third kappa shape index (κ3) is 6.29. The van der Waals surface area contributed by atoms with Crippen LogP contribution in [-0.2, 0) is 0 Å². The van der Waals surface area contributed by atoms with Crippen molar-refractivity contribution in [1.82, 2.24) is 5.32 Å². The SMILES string of the molecule is CCCOc1cccc(C(=O)NCCCC(C)CCl)c1. The van der Waals surface area contributed by atoms with Gasteiger partial charge in [-0.3, -0.25) is 4.79 Å². The van der Waals surface area contributed by atoms with E-state index in [2.05, 4.69) is 19.2 Å². The second kappa shape index (κ2) is 9.65. The van der Waals surface area contributed by atoms with Crippen molar-refractivity contribution in [3.8, 4) is 5.75 Å². The number of alkyl halides is 1. The molecule has 20 heavy (non-hydrogen) atoms. The highest BCUT2D eigenvalue weighted by Gasteiger charge is 2.06. The van der Waals surface area contributed by atoms with Crippen molar-refractivity contribution in [1.29, 1.82) is 0 Å². The molecule has 0 aliphatic rings. The van der Waals surface area contributed by atoms with Crippen LogP contribution in [0.1, 0.15) is 43.5 Å². The number of carbonyl (C=O) groups is 1. The number of amides is 1. The van der Waals surface area contributed by atoms with E-state index in [1.807, 2.05) is 12.1 Å². The van der Waals surface area contributed by atoms with Crippen molar-refractivity contribution in [2.24, 2.45) is 5.92 Å². The Labute approximate surface area is 126 Å². The standard InChI is InChI=1S/C16H24ClNO2/c1-3-10-20-15-8-4-7-14(11-15)16(19)18-9-5-6-13(2)12-17/h4,7-8,11,13H,3,5-6,9-10,12H2,1-2H3,(H,18,19). The van der Waals surface area contributed by atoms with E-state index in [4.69, 9.17) is 16.3 Å². The van der Waals surface area contributed by atoms with Crippen molar-refractivity contribution in [2.45, 2.75) is 33.1 Å². The topological polar surface area (TPSA) is 38.3 Å². The fourth-order valence-corrected chi connectivity index (χ4v) is 1.93. The Bertz CT molecular complexity index is 409. The molecule has 0 aliphatic heterocycles. The third-order valence-electron chi connectivity index (χ3n) is 2.99. The second-order valence-corrected chi connectivity index (χ2v) is 5.34. The lowest BCUT2D eigenvalue weighted by Gasteiger charge is -2.09. The van der Waals surface area contributed by atoms with Gasteiger partial charge >= 0.3 is 0 Å². The van der Waals surface area contributed by atoms with Crippen LogP contribution < -0.4 is 10.1 Å². The van der Waals surface area contributed by atoms with Crippen LogP contribution in [-0.4, -0.2) is 24.9 Å². The molecule has 0 saturated carbocycles. The van der Waals surface area contributed by atoms with Gasteiger partial charge in [-0.1, -0.05) is 19.9 Å². The highest BCUT2D eigenvalue weighted by molar-refractivity contribution is 6.18. The van der Waals surface area contributed by atoms with Crippen molar-refractivity contribution in [3.63, 3.8) is 0 Å². The summed E-state index contributed by atoms with van der Waals surface area (Å²) in [5.74, 6) is 1.87. The lowest BCUT2D eigenvalue weighted by atomic mass is 10.1. The summed E-state index contributed by atoms with van der Waals surface area (Å²) < 4.78 is 5.52. The fourth-order valence-electron chi connectivity index (χ4n) is 1.78. The first-order valence-electron chi connectivity index (χ1n) is 7.24. The molecule has 4 heteroatoms. The Kier molecular flexibility index (Phi) is 8.12. The van der Waals surface area contributed by atoms with E-state index in [9.17, 15) is 4.79 Å². The minimum Gasteiger partial charge on any atom is -0.494 e. The molecule has 1 rings (SSSR count). The molecule has 112 valence electrons. The predicted molar refractivity (Wildman–Crippen MR) is 83.7 cm³/mol. The van der Waals surface area contributed by atoms with E-state index in [1.165, 1.54) is 0 Å². The number of nitrogens with one attached hydrogen (secondary N) is 1. The van der Waals surface area contributed by atoms with Crippen LogP contribution in [0.15, 0.2) is 24.3 Å². The number of carbonyl (C=O) groups excluding carboxylic acids is 1. The van der Waals surface area contributed by atoms with Crippen LogP contribution in [0.2, 0.25) is 0 Å². The predicted octanol–water partition coefficient (Wildman–Crippen LogP) is 3.86. The smallest absolute Gasteiger partial charge is 0.251 e. The van der Waals surface area contributed by atoms with Gasteiger partial charge in [-0.2, -0.15) is 0 Å². The molecule has 1 amide bonds. The van der Waals surface area contributed by atoms with Gasteiger partial charge < -0.3 is 10.1 Å². The molecule has 0 saturated heterocycles. The minimum atomic E-state index is -0.0505. The Hall–Kier alpha value is -1.22. The Morgan fingerprint density at radius 2 is 2.25 bits per heavy atom. The summed E-state index contributed by atoms with van der Waals surface area (Å²) in [5, 5.41) is 2.92. The summed E-state index contributed by atoms with van der Waals surface area (Å²) in [6, 6.07) is 7.30. The zero-order valence-corrected chi connectivity index (χ0v) is 13.1. The molecule has 1 aromatic rings. The fraction of sp³-hybridized carbons (Fsp3) is 0.562. The van der Waals surface area contributed by atoms with Crippen molar-refractivity contribution in [3.05, 3.63) is 29.8 Å². The minimum absolute atomic E-state index is 0.0505. The van der Waals surface area contributed by atoms with Gasteiger partial charge in [-0.15, -0.1) is 11.6 Å². The van der Waals surface area contributed by atoms with Crippen LogP contribution in [0.5, 0.6) is 5.75 Å². The Morgan fingerprint density at radius 1 is 1.45 bits per heavy atom. The summed E-state index contributed by atoms with van der Waals surface area (Å²) in [7, 11) is 0. The third-order valence-corrected chi connectivity index (χ3v) is 3.52. The van der Waals surface area contributed by atoms with Gasteiger partial charge in [-0.25, -0.2) is 0 Å². The summed E-state index contributed by atoms with van der Waals surface area (Å²) in [6.07, 6.45) is 2.93. The maximum Gasteiger partial charge on any atom is 0.251 e. The van der Waals surface area contributed by atoms with Crippen LogP contribution in [0.25, 0.3) is 0 Å². The summed E-state index contributed by atoms with van der Waals surface area (Å²) in [4.78, 5) is 12.0. The molecule has 0 spiro atoms. The zero-order chi connectivity index (χ0) is 14.8. The van der Waals surface area contributed by atoms with E-state index in [1.54, 1.807) is 12.1 Å². The number of halogens is 1. The molecular weight excluding hydrogens is 274 g/mol. The molecule has 0 bridgehead atoms. The van der Waals surface area contributed by atoms with E-state index >= 15 is 0 Å². The first kappa shape index (κ1) is 16.8. The molecule has 0 aliphatic carbocycles. The zero-order valence-electron chi connectivity index (χ0n) is 12.3. The summed E-state index contributed by atoms with van der Waals surface area (Å²) >= 11 is 5.75. The van der Waals surface area contributed by atoms with E-state index in [0.717, 1.165) is 25.0 Å². The number of hydrogen-bond donors (Lipinski definition) is 1. The average molecular weight is 298 g/mol. The molecule has 1 N–H and O–H groups in total. The number of ether oxygens (including phenoxy) is 1. The number of benzene rings is 1. The lowest BCUT2D eigenvalue weighted by Crippen LogP contribution is -2.24. The Balaban J connectivity index is 2.39. The largest absolute Gasteiger partial charge is 0.494 e. The van der Waals surface area contributed by atoms with Crippen LogP contribution in [0.4, 0.5) is 0 Å². The molecule has 0 fully saturated rings. The molecule has 3 nitrogen and oxygen atoms in total.